The maximum Gasteiger partial charge on any atom is 0.342 e. The van der Waals surface area contributed by atoms with Crippen molar-refractivity contribution in [3.63, 3.8) is 0 Å². The van der Waals surface area contributed by atoms with Crippen LogP contribution < -0.4 is 9.47 Å². The maximum absolute atomic E-state index is 12.5. The number of Topliss-reactive ketones (excluding diaryl/α,β-unsaturated/α-hetero) is 1. The molecule has 138 valence electrons. The minimum atomic E-state index is -0.784. The summed E-state index contributed by atoms with van der Waals surface area (Å²) in [4.78, 5) is 24.8. The van der Waals surface area contributed by atoms with Crippen molar-refractivity contribution in [2.75, 3.05) is 20.8 Å². The summed E-state index contributed by atoms with van der Waals surface area (Å²) in [7, 11) is 2.93. The zero-order valence-electron chi connectivity index (χ0n) is 14.9. The van der Waals surface area contributed by atoms with Gasteiger partial charge in [-0.1, -0.05) is 24.3 Å². The Hall–Kier alpha value is -3.54. The number of benzene rings is 3. The van der Waals surface area contributed by atoms with Gasteiger partial charge >= 0.3 is 5.97 Å². The minimum absolute atomic E-state index is 0.000827. The third-order valence-electron chi connectivity index (χ3n) is 4.13. The molecule has 0 atom stereocenters. The predicted molar refractivity (Wildman–Crippen MR) is 99.8 cm³/mol. The number of esters is 1. The molecule has 0 saturated carbocycles. The molecule has 0 aliphatic heterocycles. The van der Waals surface area contributed by atoms with Crippen LogP contribution in [0.5, 0.6) is 17.2 Å². The predicted octanol–water partition coefficient (Wildman–Crippen LogP) is 3.60. The van der Waals surface area contributed by atoms with Gasteiger partial charge in [-0.3, -0.25) is 4.79 Å². The molecule has 3 rings (SSSR count). The molecule has 0 unspecified atom stereocenters. The summed E-state index contributed by atoms with van der Waals surface area (Å²) in [6.07, 6.45) is 0. The van der Waals surface area contributed by atoms with Gasteiger partial charge in [-0.25, -0.2) is 4.79 Å². The molecule has 0 spiro atoms. The highest BCUT2D eigenvalue weighted by Crippen LogP contribution is 2.27. The van der Waals surface area contributed by atoms with E-state index in [-0.39, 0.29) is 16.9 Å². The Morgan fingerprint density at radius 2 is 1.59 bits per heavy atom. The number of hydrogen-bond donors (Lipinski definition) is 1. The number of methoxy groups -OCH3 is 2. The van der Waals surface area contributed by atoms with E-state index in [2.05, 4.69) is 0 Å². The number of hydrogen-bond acceptors (Lipinski definition) is 6. The Kier molecular flexibility index (Phi) is 5.26. The van der Waals surface area contributed by atoms with Gasteiger partial charge in [0.15, 0.2) is 6.61 Å². The fraction of sp³-hybridized carbons (Fsp3) is 0.143. The van der Waals surface area contributed by atoms with E-state index in [1.54, 1.807) is 12.1 Å². The Balaban J connectivity index is 1.78. The van der Waals surface area contributed by atoms with Gasteiger partial charge in [-0.05, 0) is 41.1 Å². The lowest BCUT2D eigenvalue weighted by Gasteiger charge is -2.11. The number of phenolic OH excluding ortho intramolecular Hbond substituents is 1. The smallest absolute Gasteiger partial charge is 0.342 e. The number of rotatable bonds is 6. The fourth-order valence-electron chi connectivity index (χ4n) is 2.71. The highest BCUT2D eigenvalue weighted by molar-refractivity contribution is 6.03. The lowest BCUT2D eigenvalue weighted by atomic mass is 10.1. The summed E-state index contributed by atoms with van der Waals surface area (Å²) in [5.74, 6) is -0.596. The van der Waals surface area contributed by atoms with Crippen LogP contribution in [-0.2, 0) is 4.74 Å². The zero-order chi connectivity index (χ0) is 19.4. The van der Waals surface area contributed by atoms with Gasteiger partial charge < -0.3 is 19.3 Å². The van der Waals surface area contributed by atoms with Crippen LogP contribution in [0.25, 0.3) is 10.8 Å². The van der Waals surface area contributed by atoms with Crippen molar-refractivity contribution >= 4 is 22.5 Å². The van der Waals surface area contributed by atoms with Gasteiger partial charge in [0.1, 0.15) is 22.8 Å². The van der Waals surface area contributed by atoms with Crippen LogP contribution in [-0.4, -0.2) is 37.7 Å². The van der Waals surface area contributed by atoms with Crippen LogP contribution in [0, 0.1) is 0 Å². The molecule has 3 aromatic carbocycles. The lowest BCUT2D eigenvalue weighted by molar-refractivity contribution is 0.0471. The topological polar surface area (TPSA) is 82.1 Å². The highest BCUT2D eigenvalue weighted by Gasteiger charge is 2.19. The molecular weight excluding hydrogens is 348 g/mol. The van der Waals surface area contributed by atoms with Crippen molar-refractivity contribution in [3.8, 4) is 17.2 Å². The number of carbonyl (C=O) groups excluding carboxylic acids is 2. The molecule has 0 aromatic heterocycles. The van der Waals surface area contributed by atoms with Crippen molar-refractivity contribution in [1.82, 2.24) is 0 Å². The number of fused-ring (bicyclic) bond motifs is 1. The first-order chi connectivity index (χ1) is 13.0. The van der Waals surface area contributed by atoms with Crippen molar-refractivity contribution in [2.24, 2.45) is 0 Å². The van der Waals surface area contributed by atoms with E-state index in [1.807, 2.05) is 24.3 Å². The largest absolute Gasteiger partial charge is 0.507 e. The van der Waals surface area contributed by atoms with Crippen LogP contribution in [0.15, 0.2) is 54.6 Å². The molecule has 0 aliphatic rings. The Bertz CT molecular complexity index is 1010. The first kappa shape index (κ1) is 18.3. The van der Waals surface area contributed by atoms with Crippen LogP contribution in [0.3, 0.4) is 0 Å². The Morgan fingerprint density at radius 3 is 2.26 bits per heavy atom. The molecule has 27 heavy (non-hydrogen) atoms. The van der Waals surface area contributed by atoms with Crippen molar-refractivity contribution in [1.29, 1.82) is 0 Å². The molecule has 0 radical (unpaired) electrons. The number of carbonyl (C=O) groups is 2. The van der Waals surface area contributed by atoms with Gasteiger partial charge in [0.25, 0.3) is 0 Å². The van der Waals surface area contributed by atoms with Crippen LogP contribution in [0.4, 0.5) is 0 Å². The monoisotopic (exact) mass is 366 g/mol. The summed E-state index contributed by atoms with van der Waals surface area (Å²) in [6, 6.07) is 15.1. The summed E-state index contributed by atoms with van der Waals surface area (Å²) in [5.41, 5.74) is 0.242. The van der Waals surface area contributed by atoms with E-state index < -0.39 is 18.4 Å². The second-order valence-corrected chi connectivity index (χ2v) is 5.78. The first-order valence-electron chi connectivity index (χ1n) is 8.17. The van der Waals surface area contributed by atoms with E-state index in [4.69, 9.17) is 14.2 Å². The van der Waals surface area contributed by atoms with E-state index >= 15 is 0 Å². The van der Waals surface area contributed by atoms with E-state index in [1.165, 1.54) is 32.4 Å². The number of phenols is 1. The Labute approximate surface area is 155 Å². The van der Waals surface area contributed by atoms with Gasteiger partial charge in [0.05, 0.1) is 19.8 Å². The van der Waals surface area contributed by atoms with Gasteiger partial charge in [-0.15, -0.1) is 0 Å². The molecule has 6 heteroatoms. The molecule has 0 fully saturated rings. The Morgan fingerprint density at radius 1 is 0.889 bits per heavy atom. The molecule has 0 bridgehead atoms. The SMILES string of the molecule is COc1ccc(OC)c(C(=O)COC(=O)c2cc3ccccc3cc2O)c1. The van der Waals surface area contributed by atoms with Crippen LogP contribution >= 0.6 is 0 Å². The van der Waals surface area contributed by atoms with E-state index in [0.717, 1.165) is 10.8 Å². The number of aromatic hydroxyl groups is 1. The van der Waals surface area contributed by atoms with Gasteiger partial charge in [-0.2, -0.15) is 0 Å². The second kappa shape index (κ2) is 7.78. The normalized spacial score (nSPS) is 10.4. The minimum Gasteiger partial charge on any atom is -0.507 e. The quantitative estimate of drug-likeness (QED) is 0.530. The van der Waals surface area contributed by atoms with E-state index in [0.29, 0.717) is 11.5 Å². The fourth-order valence-corrected chi connectivity index (χ4v) is 2.71. The second-order valence-electron chi connectivity index (χ2n) is 5.78. The molecule has 1 N–H and O–H groups in total. The number of ketones is 1. The molecule has 0 saturated heterocycles. The van der Waals surface area contributed by atoms with Crippen molar-refractivity contribution in [3.05, 3.63) is 65.7 Å². The zero-order valence-corrected chi connectivity index (χ0v) is 14.9. The van der Waals surface area contributed by atoms with Crippen LogP contribution in [0.2, 0.25) is 0 Å². The molecule has 0 aliphatic carbocycles. The summed E-state index contributed by atoms with van der Waals surface area (Å²) in [5, 5.41) is 11.7. The van der Waals surface area contributed by atoms with Crippen LogP contribution in [0.1, 0.15) is 20.7 Å². The van der Waals surface area contributed by atoms with Crippen molar-refractivity contribution in [2.45, 2.75) is 0 Å². The molecule has 0 heterocycles. The molecule has 3 aromatic rings. The molecule has 6 nitrogen and oxygen atoms in total. The first-order valence-corrected chi connectivity index (χ1v) is 8.17. The number of ether oxygens (including phenoxy) is 3. The average Bonchev–Trinajstić information content (AvgIpc) is 2.70. The van der Waals surface area contributed by atoms with Crippen molar-refractivity contribution < 1.29 is 28.9 Å². The lowest BCUT2D eigenvalue weighted by Crippen LogP contribution is -2.15. The third kappa shape index (κ3) is 3.84. The van der Waals surface area contributed by atoms with E-state index in [9.17, 15) is 14.7 Å². The third-order valence-corrected chi connectivity index (χ3v) is 4.13. The summed E-state index contributed by atoms with van der Waals surface area (Å²) in [6.45, 7) is -0.491. The summed E-state index contributed by atoms with van der Waals surface area (Å²) >= 11 is 0. The highest BCUT2D eigenvalue weighted by atomic mass is 16.5. The maximum atomic E-state index is 12.5. The average molecular weight is 366 g/mol. The standard InChI is InChI=1S/C21H18O6/c1-25-15-7-8-20(26-2)16(11-15)19(23)12-27-21(24)17-9-13-5-3-4-6-14(13)10-18(17)22/h3-11,22H,12H2,1-2H3. The molecular formula is C21H18O6. The van der Waals surface area contributed by atoms with Gasteiger partial charge in [0.2, 0.25) is 5.78 Å². The van der Waals surface area contributed by atoms with Gasteiger partial charge in [0, 0.05) is 0 Å². The molecule has 0 amide bonds. The summed E-state index contributed by atoms with van der Waals surface area (Å²) < 4.78 is 15.4.